The van der Waals surface area contributed by atoms with Gasteiger partial charge in [-0.3, -0.25) is 4.84 Å². The first-order valence-corrected chi connectivity index (χ1v) is 4.88. The molecule has 1 N–H and O–H groups in total. The van der Waals surface area contributed by atoms with Crippen LogP contribution in [-0.4, -0.2) is 28.3 Å². The summed E-state index contributed by atoms with van der Waals surface area (Å²) in [5.74, 6) is 0. The van der Waals surface area contributed by atoms with Crippen molar-refractivity contribution in [3.8, 4) is 0 Å². The van der Waals surface area contributed by atoms with E-state index in [1.165, 1.54) is 5.71 Å². The molecule has 0 saturated carbocycles. The second-order valence-corrected chi connectivity index (χ2v) is 4.61. The molecule has 1 aliphatic rings. The predicted octanol–water partition coefficient (Wildman–Crippen LogP) is 1.53. The van der Waals surface area contributed by atoms with Crippen LogP contribution < -0.4 is 5.32 Å². The van der Waals surface area contributed by atoms with E-state index >= 15 is 0 Å². The summed E-state index contributed by atoms with van der Waals surface area (Å²) in [7, 11) is 0. The van der Waals surface area contributed by atoms with Crippen LogP contribution in [0.15, 0.2) is 0 Å². The van der Waals surface area contributed by atoms with Gasteiger partial charge in [0.05, 0.1) is 0 Å². The molecule has 0 aliphatic carbocycles. The van der Waals surface area contributed by atoms with E-state index in [1.807, 2.05) is 11.7 Å². The third-order valence-corrected chi connectivity index (χ3v) is 2.59. The number of hydrogen-bond donors (Lipinski definition) is 1. The van der Waals surface area contributed by atoms with Gasteiger partial charge < -0.3 is 0 Å². The molecule has 0 bridgehead atoms. The highest BCUT2D eigenvalue weighted by Gasteiger charge is 2.51. The lowest BCUT2D eigenvalue weighted by Gasteiger charge is -2.19. The monoisotopic (exact) mass is 185 g/mol. The highest BCUT2D eigenvalue weighted by atomic mass is 16.7. The van der Waals surface area contributed by atoms with Crippen LogP contribution in [0.25, 0.3) is 0 Å². The summed E-state index contributed by atoms with van der Waals surface area (Å²) < 4.78 is 1.98. The first kappa shape index (κ1) is 10.5. The van der Waals surface area contributed by atoms with Crippen LogP contribution in [0.1, 0.15) is 41.5 Å². The smallest absolute Gasteiger partial charge is 0.260 e. The Labute approximate surface area is 80.7 Å². The molecule has 0 aromatic rings. The van der Waals surface area contributed by atoms with Gasteiger partial charge in [0.25, 0.3) is 5.66 Å². The minimum Gasteiger partial charge on any atom is -0.275 e. The Bertz CT molecular complexity index is 241. The fourth-order valence-electron chi connectivity index (χ4n) is 1.97. The van der Waals surface area contributed by atoms with Crippen LogP contribution in [0.4, 0.5) is 0 Å². The number of nitrogens with zero attached hydrogens (tertiary/aromatic N) is 1. The molecular formula is C10H21N2O+. The van der Waals surface area contributed by atoms with Crippen molar-refractivity contribution in [3.63, 3.8) is 0 Å². The third kappa shape index (κ3) is 1.70. The van der Waals surface area contributed by atoms with E-state index < -0.39 is 0 Å². The summed E-state index contributed by atoms with van der Waals surface area (Å²) in [6, 6.07) is 0. The van der Waals surface area contributed by atoms with Crippen LogP contribution in [-0.2, 0) is 4.84 Å². The molecule has 1 rings (SSSR count). The van der Waals surface area contributed by atoms with Crippen molar-refractivity contribution in [2.75, 3.05) is 6.61 Å². The summed E-state index contributed by atoms with van der Waals surface area (Å²) in [4.78, 5) is 5.60. The summed E-state index contributed by atoms with van der Waals surface area (Å²) in [6.45, 7) is 13.4. The fourth-order valence-corrected chi connectivity index (χ4v) is 1.97. The molecule has 0 aromatic carbocycles. The molecule has 76 valence electrons. The van der Waals surface area contributed by atoms with Gasteiger partial charge in [-0.2, -0.15) is 0 Å². The van der Waals surface area contributed by atoms with E-state index in [-0.39, 0.29) is 11.2 Å². The molecule has 0 saturated heterocycles. The summed E-state index contributed by atoms with van der Waals surface area (Å²) in [5, 5.41) is 3.52. The Morgan fingerprint density at radius 2 is 1.85 bits per heavy atom. The molecule has 0 spiro atoms. The van der Waals surface area contributed by atoms with Crippen LogP contribution in [0.5, 0.6) is 0 Å². The summed E-state index contributed by atoms with van der Waals surface area (Å²) in [6.07, 6.45) is 0. The van der Waals surface area contributed by atoms with Crippen molar-refractivity contribution >= 4 is 5.71 Å². The molecule has 0 amide bonds. The maximum absolute atomic E-state index is 5.60. The van der Waals surface area contributed by atoms with Gasteiger partial charge in [-0.25, -0.2) is 5.32 Å². The maximum atomic E-state index is 5.60. The minimum atomic E-state index is -0.108. The lowest BCUT2D eigenvalue weighted by atomic mass is 10.0. The minimum absolute atomic E-state index is 0.0265. The van der Waals surface area contributed by atoms with Crippen LogP contribution in [0.2, 0.25) is 0 Å². The van der Waals surface area contributed by atoms with E-state index in [1.54, 1.807) is 0 Å². The van der Waals surface area contributed by atoms with Crippen molar-refractivity contribution in [2.45, 2.75) is 52.7 Å². The van der Waals surface area contributed by atoms with Crippen LogP contribution >= 0.6 is 0 Å². The first-order valence-electron chi connectivity index (χ1n) is 4.88. The Morgan fingerprint density at radius 3 is 2.15 bits per heavy atom. The van der Waals surface area contributed by atoms with E-state index in [0.717, 1.165) is 0 Å². The van der Waals surface area contributed by atoms with E-state index in [0.29, 0.717) is 6.61 Å². The zero-order chi connectivity index (χ0) is 10.3. The van der Waals surface area contributed by atoms with Crippen molar-refractivity contribution in [1.82, 2.24) is 5.32 Å². The molecule has 1 heterocycles. The number of rotatable bonds is 2. The summed E-state index contributed by atoms with van der Waals surface area (Å²) >= 11 is 0. The van der Waals surface area contributed by atoms with Crippen molar-refractivity contribution in [3.05, 3.63) is 0 Å². The van der Waals surface area contributed by atoms with Crippen molar-refractivity contribution in [2.24, 2.45) is 0 Å². The number of nitrogens with one attached hydrogen (secondary N) is 1. The van der Waals surface area contributed by atoms with Crippen LogP contribution in [0.3, 0.4) is 0 Å². The standard InChI is InChI=1S/C10H21N2O/c1-7-13-12-8(2)9(3,4)11-10(12,5)6/h11H,7H2,1-6H3/q+1. The molecule has 0 aromatic heterocycles. The fraction of sp³-hybridized carbons (Fsp3) is 0.900. The van der Waals surface area contributed by atoms with Gasteiger partial charge in [0.2, 0.25) is 5.71 Å². The lowest BCUT2D eigenvalue weighted by Crippen LogP contribution is -2.49. The Balaban J connectivity index is 3.03. The van der Waals surface area contributed by atoms with E-state index in [4.69, 9.17) is 4.84 Å². The van der Waals surface area contributed by atoms with Gasteiger partial charge in [0, 0.05) is 20.8 Å². The highest BCUT2D eigenvalue weighted by Crippen LogP contribution is 2.22. The second kappa shape index (κ2) is 2.98. The Morgan fingerprint density at radius 1 is 1.31 bits per heavy atom. The van der Waals surface area contributed by atoms with E-state index in [9.17, 15) is 0 Å². The second-order valence-electron chi connectivity index (χ2n) is 4.61. The summed E-state index contributed by atoms with van der Waals surface area (Å²) in [5.41, 5.74) is 1.15. The SMILES string of the molecule is CCO[N+]1=C(C)C(C)(C)NC1(C)C. The molecule has 0 fully saturated rings. The molecular weight excluding hydrogens is 164 g/mol. The average molecular weight is 185 g/mol. The predicted molar refractivity (Wildman–Crippen MR) is 53.9 cm³/mol. The Kier molecular flexibility index (Phi) is 2.41. The third-order valence-electron chi connectivity index (χ3n) is 2.59. The van der Waals surface area contributed by atoms with Gasteiger partial charge in [0.15, 0.2) is 6.61 Å². The zero-order valence-electron chi connectivity index (χ0n) is 9.56. The van der Waals surface area contributed by atoms with Crippen molar-refractivity contribution < 1.29 is 9.58 Å². The highest BCUT2D eigenvalue weighted by molar-refractivity contribution is 5.87. The van der Waals surface area contributed by atoms with E-state index in [2.05, 4.69) is 39.9 Å². The van der Waals surface area contributed by atoms with Gasteiger partial charge >= 0.3 is 0 Å². The van der Waals surface area contributed by atoms with Crippen molar-refractivity contribution in [1.29, 1.82) is 0 Å². The average Bonchev–Trinajstić information content (AvgIpc) is 2.09. The molecule has 13 heavy (non-hydrogen) atoms. The lowest BCUT2D eigenvalue weighted by molar-refractivity contribution is -0.830. The normalized spacial score (nSPS) is 25.1. The topological polar surface area (TPSA) is 24.3 Å². The molecule has 0 radical (unpaired) electrons. The molecule has 3 nitrogen and oxygen atoms in total. The van der Waals surface area contributed by atoms with Gasteiger partial charge in [-0.1, -0.05) is 0 Å². The molecule has 1 aliphatic heterocycles. The molecule has 0 unspecified atom stereocenters. The van der Waals surface area contributed by atoms with Crippen LogP contribution in [0, 0.1) is 0 Å². The first-order chi connectivity index (χ1) is 5.81. The maximum Gasteiger partial charge on any atom is 0.260 e. The Hall–Kier alpha value is -0.570. The number of hydroxylamine groups is 1. The van der Waals surface area contributed by atoms with Gasteiger partial charge in [-0.05, 0) is 25.5 Å². The van der Waals surface area contributed by atoms with Gasteiger partial charge in [0.1, 0.15) is 5.54 Å². The molecule has 3 heteroatoms. The number of hydrogen-bond acceptors (Lipinski definition) is 2. The largest absolute Gasteiger partial charge is 0.275 e. The van der Waals surface area contributed by atoms with Gasteiger partial charge in [-0.15, -0.1) is 0 Å². The molecule has 0 atom stereocenters. The zero-order valence-corrected chi connectivity index (χ0v) is 9.56. The quantitative estimate of drug-likeness (QED) is 0.660.